The van der Waals surface area contributed by atoms with Crippen LogP contribution in [0.2, 0.25) is 0 Å². The van der Waals surface area contributed by atoms with Crippen molar-refractivity contribution in [3.63, 3.8) is 0 Å². The summed E-state index contributed by atoms with van der Waals surface area (Å²) in [4.78, 5) is 28.7. The second-order valence-electron chi connectivity index (χ2n) is 9.18. The van der Waals surface area contributed by atoms with Crippen LogP contribution < -0.4 is 10.6 Å². The summed E-state index contributed by atoms with van der Waals surface area (Å²) in [7, 11) is 0. The van der Waals surface area contributed by atoms with Crippen LogP contribution >= 0.6 is 0 Å². The molecule has 2 N–H and O–H groups in total. The monoisotopic (exact) mass is 435 g/mol. The maximum Gasteiger partial charge on any atom is 0.255 e. The number of ether oxygens (including phenoxy) is 1. The summed E-state index contributed by atoms with van der Waals surface area (Å²) in [5.74, 6) is -0.335. The van der Waals surface area contributed by atoms with Gasteiger partial charge >= 0.3 is 0 Å². The molecule has 1 atom stereocenters. The van der Waals surface area contributed by atoms with Gasteiger partial charge in [-0.2, -0.15) is 0 Å². The lowest BCUT2D eigenvalue weighted by Crippen LogP contribution is -2.61. The number of carbonyl (C=O) groups is 2. The van der Waals surface area contributed by atoms with Gasteiger partial charge in [-0.25, -0.2) is 0 Å². The molecule has 6 nitrogen and oxygen atoms in total. The number of amides is 2. The molecule has 0 aliphatic carbocycles. The van der Waals surface area contributed by atoms with Crippen LogP contribution in [0, 0.1) is 13.8 Å². The Labute approximate surface area is 190 Å². The lowest BCUT2D eigenvalue weighted by molar-refractivity contribution is -0.161. The number of likely N-dealkylation sites (tertiary alicyclic amines) is 1. The number of nitrogens with two attached hydrogens (primary N) is 1. The lowest BCUT2D eigenvalue weighted by Gasteiger charge is -2.49. The average Bonchev–Trinajstić information content (AvgIpc) is 2.79. The third-order valence-corrected chi connectivity index (χ3v) is 7.18. The number of piperidine rings is 1. The molecular weight excluding hydrogens is 402 g/mol. The van der Waals surface area contributed by atoms with Crippen molar-refractivity contribution in [2.45, 2.75) is 51.7 Å². The molecule has 170 valence electrons. The fourth-order valence-corrected chi connectivity index (χ4v) is 5.03. The van der Waals surface area contributed by atoms with Crippen LogP contribution in [0.3, 0.4) is 0 Å². The predicted octanol–water partition coefficient (Wildman–Crippen LogP) is 3.23. The first kappa shape index (κ1) is 22.5. The van der Waals surface area contributed by atoms with Gasteiger partial charge in [0.2, 0.25) is 5.91 Å². The number of anilines is 1. The van der Waals surface area contributed by atoms with Crippen LogP contribution in [0.1, 0.15) is 46.8 Å². The SMILES string of the molecule is Cc1c(CCN2CCC3(CC2)CN(c2ccccc2)C(=O)C(C)O3)ccc(C(N)=O)c1C. The highest BCUT2D eigenvalue weighted by Crippen LogP contribution is 2.35. The van der Waals surface area contributed by atoms with E-state index in [1.807, 2.05) is 61.2 Å². The Hall–Kier alpha value is -2.70. The first-order chi connectivity index (χ1) is 15.3. The van der Waals surface area contributed by atoms with Gasteiger partial charge in [-0.1, -0.05) is 24.3 Å². The van der Waals surface area contributed by atoms with Gasteiger partial charge in [-0.15, -0.1) is 0 Å². The van der Waals surface area contributed by atoms with Crippen molar-refractivity contribution < 1.29 is 14.3 Å². The smallest absolute Gasteiger partial charge is 0.255 e. The predicted molar refractivity (Wildman–Crippen MR) is 126 cm³/mol. The van der Waals surface area contributed by atoms with Crippen LogP contribution in [0.15, 0.2) is 42.5 Å². The number of primary amides is 1. The first-order valence-electron chi connectivity index (χ1n) is 11.5. The third-order valence-electron chi connectivity index (χ3n) is 7.18. The van der Waals surface area contributed by atoms with E-state index in [4.69, 9.17) is 10.5 Å². The van der Waals surface area contributed by atoms with Gasteiger partial charge in [0.05, 0.1) is 12.1 Å². The van der Waals surface area contributed by atoms with Crippen molar-refractivity contribution in [2.75, 3.05) is 31.1 Å². The summed E-state index contributed by atoms with van der Waals surface area (Å²) in [6.07, 6.45) is 2.33. The zero-order valence-corrected chi connectivity index (χ0v) is 19.3. The fraction of sp³-hybridized carbons (Fsp3) is 0.462. The minimum absolute atomic E-state index is 0.0366. The normalized spacial score (nSPS) is 21.2. The molecule has 2 aliphatic heterocycles. The zero-order valence-electron chi connectivity index (χ0n) is 19.3. The van der Waals surface area contributed by atoms with E-state index in [1.165, 1.54) is 5.56 Å². The summed E-state index contributed by atoms with van der Waals surface area (Å²) in [5, 5.41) is 0. The number of morpholine rings is 1. The van der Waals surface area contributed by atoms with Crippen LogP contribution in [0.5, 0.6) is 0 Å². The van der Waals surface area contributed by atoms with E-state index in [1.54, 1.807) is 0 Å². The van der Waals surface area contributed by atoms with Crippen LogP contribution in [-0.2, 0) is 16.0 Å². The minimum Gasteiger partial charge on any atom is -0.366 e. The molecule has 0 bridgehead atoms. The quantitative estimate of drug-likeness (QED) is 0.782. The Kier molecular flexibility index (Phi) is 6.35. The van der Waals surface area contributed by atoms with Gasteiger partial charge in [-0.3, -0.25) is 9.59 Å². The molecule has 2 aromatic rings. The molecule has 1 spiro atoms. The van der Waals surface area contributed by atoms with Gasteiger partial charge in [0, 0.05) is 30.9 Å². The number of hydrogen-bond acceptors (Lipinski definition) is 4. The van der Waals surface area contributed by atoms with E-state index >= 15 is 0 Å². The summed E-state index contributed by atoms with van der Waals surface area (Å²) in [5.41, 5.74) is 10.1. The molecule has 2 saturated heterocycles. The second-order valence-corrected chi connectivity index (χ2v) is 9.18. The van der Waals surface area contributed by atoms with Crippen LogP contribution in [0.4, 0.5) is 5.69 Å². The van der Waals surface area contributed by atoms with Crippen LogP contribution in [0.25, 0.3) is 0 Å². The van der Waals surface area contributed by atoms with Crippen molar-refractivity contribution in [3.05, 3.63) is 64.7 Å². The molecule has 2 amide bonds. The molecule has 1 unspecified atom stereocenters. The largest absolute Gasteiger partial charge is 0.366 e. The van der Waals surface area contributed by atoms with Gasteiger partial charge in [0.25, 0.3) is 5.91 Å². The number of rotatable bonds is 5. The van der Waals surface area contributed by atoms with E-state index in [9.17, 15) is 9.59 Å². The summed E-state index contributed by atoms with van der Waals surface area (Å²) in [6, 6.07) is 13.8. The highest BCUT2D eigenvalue weighted by atomic mass is 16.5. The zero-order chi connectivity index (χ0) is 22.9. The minimum atomic E-state index is -0.426. The summed E-state index contributed by atoms with van der Waals surface area (Å²) < 4.78 is 6.30. The van der Waals surface area contributed by atoms with Gasteiger partial charge < -0.3 is 20.3 Å². The molecule has 0 radical (unpaired) electrons. The van der Waals surface area contributed by atoms with E-state index in [0.717, 1.165) is 55.7 Å². The number of carbonyl (C=O) groups excluding carboxylic acids is 2. The van der Waals surface area contributed by atoms with Crippen molar-refractivity contribution in [3.8, 4) is 0 Å². The Morgan fingerprint density at radius 1 is 1.09 bits per heavy atom. The van der Waals surface area contributed by atoms with E-state index < -0.39 is 6.10 Å². The van der Waals surface area contributed by atoms with Crippen molar-refractivity contribution in [1.82, 2.24) is 4.90 Å². The first-order valence-corrected chi connectivity index (χ1v) is 11.5. The standard InChI is InChI=1S/C26H33N3O3/c1-18-19(2)23(24(27)30)10-9-21(18)11-14-28-15-12-26(13-16-28)17-29(25(31)20(3)32-26)22-7-5-4-6-8-22/h4-10,20H,11-17H2,1-3H3,(H2,27,30). The molecule has 2 fully saturated rings. The van der Waals surface area contributed by atoms with Gasteiger partial charge in [0.15, 0.2) is 0 Å². The summed E-state index contributed by atoms with van der Waals surface area (Å²) >= 11 is 0. The Morgan fingerprint density at radius 3 is 2.44 bits per heavy atom. The maximum atomic E-state index is 12.8. The summed E-state index contributed by atoms with van der Waals surface area (Å²) in [6.45, 7) is 9.36. The lowest BCUT2D eigenvalue weighted by atomic mass is 9.88. The molecule has 2 aromatic carbocycles. The number of hydrogen-bond donors (Lipinski definition) is 1. The van der Waals surface area contributed by atoms with Gasteiger partial charge in [0.1, 0.15) is 6.10 Å². The maximum absolute atomic E-state index is 12.8. The van der Waals surface area contributed by atoms with E-state index in [2.05, 4.69) is 11.8 Å². The number of nitrogens with zero attached hydrogens (tertiary/aromatic N) is 2. The van der Waals surface area contributed by atoms with Crippen molar-refractivity contribution in [2.24, 2.45) is 5.73 Å². The second kappa shape index (κ2) is 9.04. The van der Waals surface area contributed by atoms with E-state index in [-0.39, 0.29) is 17.4 Å². The molecule has 2 heterocycles. The van der Waals surface area contributed by atoms with Gasteiger partial charge in [-0.05, 0) is 74.9 Å². The van der Waals surface area contributed by atoms with E-state index in [0.29, 0.717) is 12.1 Å². The fourth-order valence-electron chi connectivity index (χ4n) is 5.03. The Bertz CT molecular complexity index is 997. The molecule has 0 aromatic heterocycles. The Balaban J connectivity index is 1.38. The molecule has 6 heteroatoms. The Morgan fingerprint density at radius 2 is 1.78 bits per heavy atom. The third kappa shape index (κ3) is 4.43. The molecule has 32 heavy (non-hydrogen) atoms. The highest BCUT2D eigenvalue weighted by molar-refractivity contribution is 5.97. The van der Waals surface area contributed by atoms with Crippen LogP contribution in [-0.4, -0.2) is 54.6 Å². The van der Waals surface area contributed by atoms with Crippen molar-refractivity contribution in [1.29, 1.82) is 0 Å². The molecular formula is C26H33N3O3. The highest BCUT2D eigenvalue weighted by Gasteiger charge is 2.45. The number of benzene rings is 2. The number of para-hydroxylation sites is 1. The molecule has 0 saturated carbocycles. The molecule has 4 rings (SSSR count). The average molecular weight is 436 g/mol. The topological polar surface area (TPSA) is 75.9 Å². The van der Waals surface area contributed by atoms with Crippen molar-refractivity contribution >= 4 is 17.5 Å². The molecule has 2 aliphatic rings.